The predicted molar refractivity (Wildman–Crippen MR) is 82.7 cm³/mol. The van der Waals surface area contributed by atoms with E-state index >= 15 is 0 Å². The molecule has 2 rings (SSSR count). The first-order valence-corrected chi connectivity index (χ1v) is 6.79. The van der Waals surface area contributed by atoms with Gasteiger partial charge in [0.25, 0.3) is 0 Å². The topological polar surface area (TPSA) is 101 Å². The lowest BCUT2D eigenvalue weighted by atomic mass is 9.92. The van der Waals surface area contributed by atoms with E-state index in [1.165, 1.54) is 12.1 Å². The normalized spacial score (nSPS) is 14.1. The Kier molecular flexibility index (Phi) is 5.04. The quantitative estimate of drug-likeness (QED) is 0.543. The lowest BCUT2D eigenvalue weighted by Gasteiger charge is -2.19. The van der Waals surface area contributed by atoms with Crippen LogP contribution in [-0.4, -0.2) is 38.2 Å². The van der Waals surface area contributed by atoms with E-state index in [9.17, 15) is 25.5 Å². The molecule has 116 valence electrons. The van der Waals surface area contributed by atoms with Gasteiger partial charge in [0.2, 0.25) is 0 Å². The van der Waals surface area contributed by atoms with E-state index in [0.29, 0.717) is 5.56 Å². The average Bonchev–Trinajstić information content (AvgIpc) is 2.52. The van der Waals surface area contributed by atoms with Gasteiger partial charge in [-0.05, 0) is 35.4 Å². The predicted octanol–water partition coefficient (Wildman–Crippen LogP) is 1.95. The first-order valence-electron chi connectivity index (χ1n) is 6.79. The van der Waals surface area contributed by atoms with Crippen LogP contribution in [0.5, 0.6) is 17.2 Å². The summed E-state index contributed by atoms with van der Waals surface area (Å²) >= 11 is 0. The van der Waals surface area contributed by atoms with Crippen LogP contribution in [-0.2, 0) is 0 Å². The Labute approximate surface area is 128 Å². The van der Waals surface area contributed by atoms with E-state index in [-0.39, 0.29) is 17.2 Å². The third-order valence-corrected chi connectivity index (χ3v) is 3.38. The van der Waals surface area contributed by atoms with Gasteiger partial charge in [0, 0.05) is 5.92 Å². The Hall–Kier alpha value is -2.50. The number of phenolic OH excluding ortho intramolecular Hbond substituents is 3. The van der Waals surface area contributed by atoms with Crippen LogP contribution in [0, 0.1) is 0 Å². The van der Waals surface area contributed by atoms with E-state index in [4.69, 9.17) is 0 Å². The van der Waals surface area contributed by atoms with Gasteiger partial charge in [-0.1, -0.05) is 30.4 Å². The van der Waals surface area contributed by atoms with E-state index in [1.807, 2.05) is 0 Å². The van der Waals surface area contributed by atoms with Crippen LogP contribution in [0.25, 0.3) is 6.08 Å². The molecule has 0 radical (unpaired) electrons. The van der Waals surface area contributed by atoms with Gasteiger partial charge in [-0.3, -0.25) is 0 Å². The summed E-state index contributed by atoms with van der Waals surface area (Å²) in [6, 6.07) is 10.8. The summed E-state index contributed by atoms with van der Waals surface area (Å²) < 4.78 is 0. The van der Waals surface area contributed by atoms with Crippen LogP contribution in [0.4, 0.5) is 0 Å². The highest BCUT2D eigenvalue weighted by atomic mass is 16.3. The van der Waals surface area contributed by atoms with Crippen LogP contribution >= 0.6 is 0 Å². The molecule has 0 aromatic heterocycles. The van der Waals surface area contributed by atoms with E-state index in [0.717, 1.165) is 5.56 Å². The largest absolute Gasteiger partial charge is 0.508 e. The molecule has 2 aromatic rings. The summed E-state index contributed by atoms with van der Waals surface area (Å²) in [5.74, 6) is -0.924. The lowest BCUT2D eigenvalue weighted by Crippen LogP contribution is -2.20. The fourth-order valence-corrected chi connectivity index (χ4v) is 2.12. The fourth-order valence-electron chi connectivity index (χ4n) is 2.12. The van der Waals surface area contributed by atoms with Crippen LogP contribution in [0.2, 0.25) is 0 Å². The number of aromatic hydroxyl groups is 3. The summed E-state index contributed by atoms with van der Waals surface area (Å²) in [6.07, 6.45) is 2.39. The molecule has 0 spiro atoms. The standard InChI is InChI=1S/C17H18O5/c18-10-17(22)14(12-4-8-15(20)16(21)9-12)7-3-11-1-5-13(19)6-2-11/h1-9,14,17-22H,10H2/b7-3+/t14-,17+/m1/s1. The van der Waals surface area contributed by atoms with Crippen molar-refractivity contribution in [2.75, 3.05) is 6.61 Å². The zero-order valence-electron chi connectivity index (χ0n) is 11.8. The van der Waals surface area contributed by atoms with Crippen LogP contribution in [0.1, 0.15) is 17.0 Å². The highest BCUT2D eigenvalue weighted by Crippen LogP contribution is 2.31. The maximum absolute atomic E-state index is 9.97. The third kappa shape index (κ3) is 3.78. The minimum atomic E-state index is -1.04. The molecule has 5 heteroatoms. The minimum Gasteiger partial charge on any atom is -0.508 e. The second kappa shape index (κ2) is 6.98. The van der Waals surface area contributed by atoms with Gasteiger partial charge in [-0.2, -0.15) is 0 Å². The molecule has 0 aliphatic carbocycles. The Morgan fingerprint density at radius 3 is 2.18 bits per heavy atom. The molecule has 0 amide bonds. The van der Waals surface area contributed by atoms with Gasteiger partial charge in [-0.15, -0.1) is 0 Å². The average molecular weight is 302 g/mol. The van der Waals surface area contributed by atoms with Crippen LogP contribution in [0.3, 0.4) is 0 Å². The summed E-state index contributed by atoms with van der Waals surface area (Å²) in [5.41, 5.74) is 1.38. The van der Waals surface area contributed by atoms with E-state index < -0.39 is 18.6 Å². The number of aliphatic hydroxyl groups is 2. The summed E-state index contributed by atoms with van der Waals surface area (Å²) in [4.78, 5) is 0. The van der Waals surface area contributed by atoms with Crippen molar-refractivity contribution in [3.63, 3.8) is 0 Å². The maximum Gasteiger partial charge on any atom is 0.157 e. The Balaban J connectivity index is 2.29. The van der Waals surface area contributed by atoms with Crippen LogP contribution in [0.15, 0.2) is 48.5 Å². The summed E-state index contributed by atoms with van der Waals surface area (Å²) in [5, 5.41) is 47.3. The molecule has 5 nitrogen and oxygen atoms in total. The second-order valence-electron chi connectivity index (χ2n) is 4.97. The molecule has 0 unspecified atom stereocenters. The molecule has 0 aliphatic heterocycles. The molecular weight excluding hydrogens is 284 g/mol. The smallest absolute Gasteiger partial charge is 0.157 e. The number of rotatable bonds is 5. The monoisotopic (exact) mass is 302 g/mol. The molecule has 22 heavy (non-hydrogen) atoms. The number of hydrogen-bond acceptors (Lipinski definition) is 5. The van der Waals surface area contributed by atoms with Gasteiger partial charge in [0.05, 0.1) is 12.7 Å². The maximum atomic E-state index is 9.97. The SMILES string of the molecule is OC[C@H](O)[C@H](/C=C/c1ccc(O)cc1)c1ccc(O)c(O)c1. The number of hydrogen-bond donors (Lipinski definition) is 5. The number of benzene rings is 2. The lowest BCUT2D eigenvalue weighted by molar-refractivity contribution is 0.0842. The summed E-state index contributed by atoms with van der Waals surface area (Å²) in [7, 11) is 0. The molecule has 2 atom stereocenters. The number of aliphatic hydroxyl groups excluding tert-OH is 2. The van der Waals surface area contributed by atoms with Crippen molar-refractivity contribution in [2.45, 2.75) is 12.0 Å². The Morgan fingerprint density at radius 1 is 0.909 bits per heavy atom. The van der Waals surface area contributed by atoms with Crippen molar-refractivity contribution in [2.24, 2.45) is 0 Å². The Bertz CT molecular complexity index is 649. The highest BCUT2D eigenvalue weighted by molar-refractivity contribution is 5.53. The van der Waals surface area contributed by atoms with Gasteiger partial charge >= 0.3 is 0 Å². The molecule has 0 aliphatic rings. The fraction of sp³-hybridized carbons (Fsp3) is 0.176. The van der Waals surface area contributed by atoms with Gasteiger partial charge in [-0.25, -0.2) is 0 Å². The van der Waals surface area contributed by atoms with Crippen molar-refractivity contribution in [3.8, 4) is 17.2 Å². The first kappa shape index (κ1) is 15.9. The van der Waals surface area contributed by atoms with Crippen molar-refractivity contribution in [3.05, 3.63) is 59.7 Å². The summed E-state index contributed by atoms with van der Waals surface area (Å²) in [6.45, 7) is -0.438. The molecule has 0 fully saturated rings. The van der Waals surface area contributed by atoms with Gasteiger partial charge < -0.3 is 25.5 Å². The molecular formula is C17H18O5. The third-order valence-electron chi connectivity index (χ3n) is 3.38. The van der Waals surface area contributed by atoms with Crippen molar-refractivity contribution in [1.82, 2.24) is 0 Å². The Morgan fingerprint density at radius 2 is 1.59 bits per heavy atom. The zero-order chi connectivity index (χ0) is 16.1. The second-order valence-corrected chi connectivity index (χ2v) is 4.97. The van der Waals surface area contributed by atoms with Gasteiger partial charge in [0.1, 0.15) is 5.75 Å². The number of phenols is 3. The molecule has 2 aromatic carbocycles. The first-order chi connectivity index (χ1) is 10.5. The van der Waals surface area contributed by atoms with E-state index in [2.05, 4.69) is 0 Å². The van der Waals surface area contributed by atoms with Crippen LogP contribution < -0.4 is 0 Å². The minimum absolute atomic E-state index is 0.160. The highest BCUT2D eigenvalue weighted by Gasteiger charge is 2.19. The molecule has 0 bridgehead atoms. The molecule has 0 saturated carbocycles. The van der Waals surface area contributed by atoms with E-state index in [1.54, 1.807) is 42.5 Å². The molecule has 5 N–H and O–H groups in total. The van der Waals surface area contributed by atoms with Crippen molar-refractivity contribution < 1.29 is 25.5 Å². The van der Waals surface area contributed by atoms with Crippen molar-refractivity contribution >= 4 is 6.08 Å². The van der Waals surface area contributed by atoms with Crippen molar-refractivity contribution in [1.29, 1.82) is 0 Å². The van der Waals surface area contributed by atoms with Gasteiger partial charge in [0.15, 0.2) is 11.5 Å². The molecule has 0 heterocycles. The molecule has 0 saturated heterocycles. The zero-order valence-corrected chi connectivity index (χ0v) is 11.8.